The minimum absolute atomic E-state index is 0.0915. The molecule has 4 bridgehead atoms. The molecular formula is C22H21Cl2NO2. The van der Waals surface area contributed by atoms with Crippen molar-refractivity contribution in [3.8, 4) is 0 Å². The predicted molar refractivity (Wildman–Crippen MR) is 102 cm³/mol. The fraction of sp³-hybridized carbons (Fsp3) is 0.636. The van der Waals surface area contributed by atoms with Crippen LogP contribution in [0.2, 0.25) is 10.0 Å². The number of hydrogen-bond donors (Lipinski definition) is 0. The number of Topliss-reactive ketones (excluding diaryl/α,β-unsaturated/α-hetero) is 1. The van der Waals surface area contributed by atoms with Crippen LogP contribution in [0.5, 0.6) is 0 Å². The van der Waals surface area contributed by atoms with E-state index in [4.69, 9.17) is 23.2 Å². The van der Waals surface area contributed by atoms with Crippen molar-refractivity contribution in [2.24, 2.45) is 46.8 Å². The summed E-state index contributed by atoms with van der Waals surface area (Å²) in [5, 5.41) is 1.26. The molecular weight excluding hydrogens is 381 g/mol. The molecule has 3 nitrogen and oxygen atoms in total. The first-order valence-corrected chi connectivity index (χ1v) is 11.1. The molecule has 6 saturated carbocycles. The molecule has 140 valence electrons. The van der Waals surface area contributed by atoms with Crippen molar-refractivity contribution in [3.63, 3.8) is 0 Å². The number of ketones is 1. The highest BCUT2D eigenvalue weighted by Gasteiger charge is 2.96. The van der Waals surface area contributed by atoms with Gasteiger partial charge in [-0.3, -0.25) is 9.59 Å². The monoisotopic (exact) mass is 401 g/mol. The maximum absolute atomic E-state index is 13.6. The summed E-state index contributed by atoms with van der Waals surface area (Å²) < 4.78 is 0. The number of hydrogen-bond acceptors (Lipinski definition) is 2. The highest BCUT2D eigenvalue weighted by atomic mass is 35.5. The zero-order valence-corrected chi connectivity index (χ0v) is 16.4. The van der Waals surface area contributed by atoms with E-state index in [1.165, 1.54) is 6.42 Å². The van der Waals surface area contributed by atoms with Gasteiger partial charge in [0.15, 0.2) is 0 Å². The number of nitrogens with zero attached hydrogens (tertiary/aromatic N) is 1. The van der Waals surface area contributed by atoms with Gasteiger partial charge in [0.2, 0.25) is 5.91 Å². The molecule has 0 N–H and O–H groups in total. The summed E-state index contributed by atoms with van der Waals surface area (Å²) in [4.78, 5) is 28.5. The molecule has 5 heteroatoms. The normalized spacial score (nSPS) is 48.1. The van der Waals surface area contributed by atoms with Crippen LogP contribution < -0.4 is 0 Å². The van der Waals surface area contributed by atoms with Gasteiger partial charge >= 0.3 is 0 Å². The van der Waals surface area contributed by atoms with Gasteiger partial charge in [0.1, 0.15) is 5.78 Å². The van der Waals surface area contributed by atoms with Crippen molar-refractivity contribution in [1.82, 2.24) is 4.90 Å². The second-order valence-electron chi connectivity index (χ2n) is 9.74. The molecule has 0 spiro atoms. The van der Waals surface area contributed by atoms with Gasteiger partial charge in [-0.2, -0.15) is 0 Å². The van der Waals surface area contributed by atoms with Crippen LogP contribution in [-0.2, 0) is 9.59 Å². The van der Waals surface area contributed by atoms with Crippen LogP contribution >= 0.6 is 23.2 Å². The Labute approximate surface area is 168 Å². The summed E-state index contributed by atoms with van der Waals surface area (Å²) in [6, 6.07) is 5.83. The van der Waals surface area contributed by atoms with Gasteiger partial charge in [-0.25, -0.2) is 0 Å². The molecule has 1 aromatic carbocycles. The second kappa shape index (κ2) is 4.74. The molecule has 8 unspecified atom stereocenters. The lowest BCUT2D eigenvalue weighted by molar-refractivity contribution is -0.256. The Morgan fingerprint density at radius 1 is 1.11 bits per heavy atom. The first-order chi connectivity index (χ1) is 13.1. The number of carbonyl (C=O) groups excluding carboxylic acids is 2. The van der Waals surface area contributed by atoms with E-state index >= 15 is 0 Å². The minimum Gasteiger partial charge on any atom is -0.342 e. The maximum Gasteiger partial charge on any atom is 0.230 e. The van der Waals surface area contributed by atoms with Gasteiger partial charge in [-0.1, -0.05) is 35.3 Å². The van der Waals surface area contributed by atoms with Gasteiger partial charge in [-0.15, -0.1) is 0 Å². The molecule has 7 fully saturated rings. The van der Waals surface area contributed by atoms with Crippen LogP contribution in [0.15, 0.2) is 18.2 Å². The standard InChI is InChI=1S/C22H21Cl2NO2/c23-13-3-1-2-10(19(13)24)9-4-6-25(7-5-9)21(27)22-16-12-8-11-14(16)18(22)20(26)15(11)17(12)22/h1-3,9,11-12,14-18H,4-8H2. The van der Waals surface area contributed by atoms with Crippen LogP contribution in [0, 0.1) is 46.8 Å². The number of benzene rings is 1. The smallest absolute Gasteiger partial charge is 0.230 e. The lowest BCUT2D eigenvalue weighted by atomic mass is 9.31. The first-order valence-electron chi connectivity index (χ1n) is 10.3. The quantitative estimate of drug-likeness (QED) is 0.749. The zero-order valence-electron chi connectivity index (χ0n) is 14.9. The second-order valence-corrected chi connectivity index (χ2v) is 10.5. The molecule has 1 aliphatic heterocycles. The summed E-state index contributed by atoms with van der Waals surface area (Å²) in [7, 11) is 0. The molecule has 0 aromatic heterocycles. The van der Waals surface area contributed by atoms with Crippen LogP contribution in [0.25, 0.3) is 0 Å². The summed E-state index contributed by atoms with van der Waals surface area (Å²) >= 11 is 12.6. The number of halogens is 2. The SMILES string of the molecule is O=C1C2C3CC4C2C2(C(=O)N5CCC(c6cccc(Cl)c6Cl)CC5)C1C3C42. The fourth-order valence-corrected chi connectivity index (χ4v) is 9.36. The van der Waals surface area contributed by atoms with E-state index in [1.807, 2.05) is 12.1 Å². The lowest BCUT2D eigenvalue weighted by Crippen LogP contribution is -2.75. The van der Waals surface area contributed by atoms with Gasteiger partial charge in [0, 0.05) is 24.9 Å². The summed E-state index contributed by atoms with van der Waals surface area (Å²) in [6.45, 7) is 1.55. The summed E-state index contributed by atoms with van der Waals surface area (Å²) in [5.41, 5.74) is 0.849. The van der Waals surface area contributed by atoms with Crippen molar-refractivity contribution >= 4 is 34.9 Å². The average Bonchev–Trinajstić information content (AvgIpc) is 3.19. The van der Waals surface area contributed by atoms with E-state index in [1.54, 1.807) is 0 Å². The number of amides is 1. The van der Waals surface area contributed by atoms with E-state index < -0.39 is 0 Å². The van der Waals surface area contributed by atoms with Crippen molar-refractivity contribution in [3.05, 3.63) is 33.8 Å². The topological polar surface area (TPSA) is 37.4 Å². The highest BCUT2D eigenvalue weighted by Crippen LogP contribution is 2.93. The van der Waals surface area contributed by atoms with E-state index in [-0.39, 0.29) is 17.3 Å². The van der Waals surface area contributed by atoms with Crippen LogP contribution in [0.4, 0.5) is 0 Å². The van der Waals surface area contributed by atoms with E-state index in [2.05, 4.69) is 11.0 Å². The van der Waals surface area contributed by atoms with Crippen molar-refractivity contribution in [1.29, 1.82) is 0 Å². The van der Waals surface area contributed by atoms with Crippen LogP contribution in [0.3, 0.4) is 0 Å². The van der Waals surface area contributed by atoms with Crippen LogP contribution in [0.1, 0.15) is 30.7 Å². The Balaban J connectivity index is 1.13. The highest BCUT2D eigenvalue weighted by molar-refractivity contribution is 6.42. The Morgan fingerprint density at radius 3 is 2.63 bits per heavy atom. The Bertz CT molecular complexity index is 923. The zero-order chi connectivity index (χ0) is 18.2. The Morgan fingerprint density at radius 2 is 1.89 bits per heavy atom. The molecule has 0 radical (unpaired) electrons. The van der Waals surface area contributed by atoms with E-state index in [9.17, 15) is 9.59 Å². The third-order valence-electron chi connectivity index (χ3n) is 9.44. The third-order valence-corrected chi connectivity index (χ3v) is 10.3. The Kier molecular flexibility index (Phi) is 2.77. The predicted octanol–water partition coefficient (Wildman–Crippen LogP) is 4.03. The third kappa shape index (κ3) is 1.46. The fourth-order valence-electron chi connectivity index (χ4n) is 8.90. The van der Waals surface area contributed by atoms with Gasteiger partial charge in [0.25, 0.3) is 0 Å². The molecule has 8 rings (SSSR count). The van der Waals surface area contributed by atoms with Gasteiger partial charge < -0.3 is 4.90 Å². The molecule has 27 heavy (non-hydrogen) atoms. The van der Waals surface area contributed by atoms with Crippen molar-refractivity contribution in [2.75, 3.05) is 13.1 Å². The molecule has 6 aliphatic carbocycles. The molecule has 1 amide bonds. The first kappa shape index (κ1) is 15.8. The summed E-state index contributed by atoms with van der Waals surface area (Å²) in [5.74, 6) is 4.35. The number of likely N-dealkylation sites (tertiary alicyclic amines) is 1. The lowest BCUT2D eigenvalue weighted by Gasteiger charge is -2.71. The molecule has 1 heterocycles. The average molecular weight is 402 g/mol. The van der Waals surface area contributed by atoms with Crippen molar-refractivity contribution in [2.45, 2.75) is 25.2 Å². The molecule has 8 atom stereocenters. The van der Waals surface area contributed by atoms with Gasteiger partial charge in [-0.05, 0) is 66.4 Å². The maximum atomic E-state index is 13.6. The molecule has 1 aromatic rings. The molecule has 1 saturated heterocycles. The number of rotatable bonds is 2. The minimum atomic E-state index is -0.259. The number of carbonyl (C=O) groups is 2. The van der Waals surface area contributed by atoms with E-state index in [0.717, 1.165) is 31.5 Å². The van der Waals surface area contributed by atoms with Crippen molar-refractivity contribution < 1.29 is 9.59 Å². The summed E-state index contributed by atoms with van der Waals surface area (Å²) in [6.07, 6.45) is 3.08. The van der Waals surface area contributed by atoms with Crippen LogP contribution in [-0.4, -0.2) is 29.7 Å². The Hall–Kier alpha value is -1.06. The van der Waals surface area contributed by atoms with Gasteiger partial charge in [0.05, 0.1) is 15.5 Å². The van der Waals surface area contributed by atoms with E-state index in [0.29, 0.717) is 57.2 Å². The largest absolute Gasteiger partial charge is 0.342 e. The molecule has 7 aliphatic rings. The number of piperidine rings is 1.